The van der Waals surface area contributed by atoms with Crippen molar-refractivity contribution in [1.29, 1.82) is 0 Å². The Labute approximate surface area is 185 Å². The van der Waals surface area contributed by atoms with E-state index in [-0.39, 0.29) is 23.2 Å². The Morgan fingerprint density at radius 3 is 2.94 bits per heavy atom. The standard InChI is InChI=1S/C21H19ClF2N6O2/c1-9(8-32-2)16-19(24)18(22)17(11-4-26-29-20(11)16)13-6-30-7-14(27-15(30)5-25-13)28-21(31)10-3-12(10)23/h4-7,9-10,12H,3,8H2,1-2H3,(H,26,29)(H,28,31)/t9-,10-,12+/m1/s1. The van der Waals surface area contributed by atoms with Gasteiger partial charge in [0.2, 0.25) is 5.91 Å². The molecule has 0 spiro atoms. The lowest BCUT2D eigenvalue weighted by molar-refractivity contribution is -0.117. The number of halogens is 3. The van der Waals surface area contributed by atoms with E-state index in [2.05, 4.69) is 25.5 Å². The van der Waals surface area contributed by atoms with Crippen LogP contribution in [0.1, 0.15) is 24.8 Å². The Hall–Kier alpha value is -3.11. The molecule has 1 saturated carbocycles. The molecule has 1 aromatic carbocycles. The molecule has 8 nitrogen and oxygen atoms in total. The zero-order chi connectivity index (χ0) is 22.6. The van der Waals surface area contributed by atoms with Gasteiger partial charge in [-0.25, -0.2) is 13.8 Å². The molecule has 3 aromatic heterocycles. The number of carbonyl (C=O) groups is 1. The van der Waals surface area contributed by atoms with Gasteiger partial charge in [-0.05, 0) is 6.42 Å². The molecule has 1 aliphatic rings. The van der Waals surface area contributed by atoms with Gasteiger partial charge in [0.25, 0.3) is 0 Å². The average Bonchev–Trinajstić information content (AvgIpc) is 3.12. The number of imidazole rings is 1. The minimum Gasteiger partial charge on any atom is -0.384 e. The van der Waals surface area contributed by atoms with Gasteiger partial charge in [-0.2, -0.15) is 5.10 Å². The van der Waals surface area contributed by atoms with E-state index in [4.69, 9.17) is 16.3 Å². The summed E-state index contributed by atoms with van der Waals surface area (Å²) in [6, 6.07) is 0. The first-order valence-electron chi connectivity index (χ1n) is 10.0. The molecule has 0 bridgehead atoms. The van der Waals surface area contributed by atoms with Gasteiger partial charge in [-0.15, -0.1) is 0 Å². The van der Waals surface area contributed by atoms with Crippen molar-refractivity contribution in [2.24, 2.45) is 5.92 Å². The maximum Gasteiger partial charge on any atom is 0.231 e. The second-order valence-corrected chi connectivity index (χ2v) is 8.32. The normalized spacial score (nSPS) is 18.9. The molecule has 1 amide bonds. The van der Waals surface area contributed by atoms with Crippen molar-refractivity contribution in [3.05, 3.63) is 41.2 Å². The summed E-state index contributed by atoms with van der Waals surface area (Å²) >= 11 is 6.48. The molecule has 3 atom stereocenters. The minimum atomic E-state index is -1.09. The van der Waals surface area contributed by atoms with Crippen LogP contribution in [0.25, 0.3) is 27.8 Å². The van der Waals surface area contributed by atoms with Crippen molar-refractivity contribution >= 4 is 39.9 Å². The van der Waals surface area contributed by atoms with E-state index in [0.717, 1.165) is 0 Å². The molecule has 5 rings (SSSR count). The minimum absolute atomic E-state index is 0.0694. The summed E-state index contributed by atoms with van der Waals surface area (Å²) in [5.74, 6) is -1.56. The summed E-state index contributed by atoms with van der Waals surface area (Å²) in [6.07, 6.45) is 5.42. The number of hydrogen-bond donors (Lipinski definition) is 2. The quantitative estimate of drug-likeness (QED) is 0.451. The van der Waals surface area contributed by atoms with Crippen LogP contribution < -0.4 is 5.32 Å². The lowest BCUT2D eigenvalue weighted by Gasteiger charge is -2.16. The number of benzene rings is 1. The summed E-state index contributed by atoms with van der Waals surface area (Å²) < 4.78 is 35.3. The number of aromatic nitrogens is 5. The van der Waals surface area contributed by atoms with E-state index in [0.29, 0.717) is 40.0 Å². The number of ether oxygens (including phenoxy) is 1. The molecule has 11 heteroatoms. The third-order valence-electron chi connectivity index (χ3n) is 5.63. The SMILES string of the molecule is COC[C@@H](C)c1c(F)c(Cl)c(-c2cn3cc(NC(=O)[C@@H]4C[C@@H]4F)nc3cn2)c2cn[nH]c12. The van der Waals surface area contributed by atoms with Crippen molar-refractivity contribution in [1.82, 2.24) is 24.6 Å². The first-order chi connectivity index (χ1) is 15.4. The number of nitrogens with one attached hydrogen (secondary N) is 2. The molecular weight excluding hydrogens is 442 g/mol. The number of aromatic amines is 1. The fourth-order valence-electron chi connectivity index (χ4n) is 3.93. The van der Waals surface area contributed by atoms with Gasteiger partial charge in [0.15, 0.2) is 11.5 Å². The third-order valence-corrected chi connectivity index (χ3v) is 5.99. The van der Waals surface area contributed by atoms with Crippen LogP contribution in [0.3, 0.4) is 0 Å². The maximum absolute atomic E-state index is 15.3. The molecule has 1 fully saturated rings. The number of H-pyrrole nitrogens is 1. The fourth-order valence-corrected chi connectivity index (χ4v) is 4.23. The van der Waals surface area contributed by atoms with Crippen molar-refractivity contribution in [2.75, 3.05) is 19.0 Å². The van der Waals surface area contributed by atoms with Crippen LogP contribution in [0.4, 0.5) is 14.6 Å². The highest BCUT2D eigenvalue weighted by molar-refractivity contribution is 6.35. The summed E-state index contributed by atoms with van der Waals surface area (Å²) in [6.45, 7) is 2.16. The average molecular weight is 461 g/mol. The Morgan fingerprint density at radius 2 is 2.22 bits per heavy atom. The van der Waals surface area contributed by atoms with Gasteiger partial charge in [0.1, 0.15) is 12.0 Å². The summed E-state index contributed by atoms with van der Waals surface area (Å²) in [5.41, 5.74) is 2.17. The predicted molar refractivity (Wildman–Crippen MR) is 115 cm³/mol. The Balaban J connectivity index is 1.57. The molecule has 3 heterocycles. The van der Waals surface area contributed by atoms with Gasteiger partial charge >= 0.3 is 0 Å². The van der Waals surface area contributed by atoms with Gasteiger partial charge in [0, 0.05) is 35.7 Å². The van der Waals surface area contributed by atoms with Gasteiger partial charge in [-0.1, -0.05) is 18.5 Å². The van der Waals surface area contributed by atoms with E-state index in [1.54, 1.807) is 30.1 Å². The van der Waals surface area contributed by atoms with Crippen molar-refractivity contribution in [2.45, 2.75) is 25.4 Å². The highest BCUT2D eigenvalue weighted by Crippen LogP contribution is 2.41. The van der Waals surface area contributed by atoms with E-state index >= 15 is 4.39 Å². The van der Waals surface area contributed by atoms with Gasteiger partial charge < -0.3 is 14.5 Å². The Morgan fingerprint density at radius 1 is 1.44 bits per heavy atom. The Kier molecular flexibility index (Phi) is 5.06. The number of rotatable bonds is 6. The van der Waals surface area contributed by atoms with Crippen LogP contribution >= 0.6 is 11.6 Å². The highest BCUT2D eigenvalue weighted by atomic mass is 35.5. The van der Waals surface area contributed by atoms with Gasteiger partial charge in [-0.3, -0.25) is 14.9 Å². The molecule has 0 aliphatic heterocycles. The van der Waals surface area contributed by atoms with Gasteiger partial charge in [0.05, 0.1) is 47.3 Å². The van der Waals surface area contributed by atoms with Crippen molar-refractivity contribution < 1.29 is 18.3 Å². The van der Waals surface area contributed by atoms with Crippen LogP contribution in [0.2, 0.25) is 5.02 Å². The second-order valence-electron chi connectivity index (χ2n) is 7.94. The first-order valence-corrected chi connectivity index (χ1v) is 10.4. The molecule has 4 aromatic rings. The van der Waals surface area contributed by atoms with Crippen molar-refractivity contribution in [3.63, 3.8) is 0 Å². The first kappa shape index (κ1) is 20.8. The predicted octanol–water partition coefficient (Wildman–Crippen LogP) is 4.11. The molecule has 1 aliphatic carbocycles. The number of fused-ring (bicyclic) bond motifs is 2. The number of methoxy groups -OCH3 is 1. The summed E-state index contributed by atoms with van der Waals surface area (Å²) in [5, 5.41) is 10.1. The number of carbonyl (C=O) groups excluding carboxylic acids is 1. The second kappa shape index (κ2) is 7.79. The molecule has 0 radical (unpaired) electrons. The van der Waals surface area contributed by atoms with E-state index in [9.17, 15) is 9.18 Å². The van der Waals surface area contributed by atoms with Crippen LogP contribution in [0.5, 0.6) is 0 Å². The zero-order valence-corrected chi connectivity index (χ0v) is 18.0. The van der Waals surface area contributed by atoms with Crippen LogP contribution in [0, 0.1) is 11.7 Å². The molecular formula is C21H19ClF2N6O2. The lowest BCUT2D eigenvalue weighted by atomic mass is 9.95. The van der Waals surface area contributed by atoms with E-state index < -0.39 is 23.8 Å². The number of alkyl halides is 1. The smallest absolute Gasteiger partial charge is 0.231 e. The summed E-state index contributed by atoms with van der Waals surface area (Å²) in [4.78, 5) is 20.7. The van der Waals surface area contributed by atoms with Crippen LogP contribution in [0.15, 0.2) is 24.8 Å². The van der Waals surface area contributed by atoms with Crippen LogP contribution in [-0.2, 0) is 9.53 Å². The molecule has 166 valence electrons. The topological polar surface area (TPSA) is 97.2 Å². The van der Waals surface area contributed by atoms with Crippen molar-refractivity contribution in [3.8, 4) is 11.3 Å². The number of anilines is 1. The van der Waals surface area contributed by atoms with E-state index in [1.807, 2.05) is 6.92 Å². The molecule has 0 unspecified atom stereocenters. The largest absolute Gasteiger partial charge is 0.384 e. The summed E-state index contributed by atoms with van der Waals surface area (Å²) in [7, 11) is 1.55. The number of nitrogens with zero attached hydrogens (tertiary/aromatic N) is 4. The monoisotopic (exact) mass is 460 g/mol. The highest BCUT2D eigenvalue weighted by Gasteiger charge is 2.43. The maximum atomic E-state index is 15.3. The molecule has 0 saturated heterocycles. The zero-order valence-electron chi connectivity index (χ0n) is 17.2. The molecule has 32 heavy (non-hydrogen) atoms. The van der Waals surface area contributed by atoms with E-state index in [1.165, 1.54) is 6.20 Å². The number of hydrogen-bond acceptors (Lipinski definition) is 5. The third kappa shape index (κ3) is 3.39. The van der Waals surface area contributed by atoms with Crippen LogP contribution in [-0.4, -0.2) is 50.4 Å². The molecule has 2 N–H and O–H groups in total. The lowest BCUT2D eigenvalue weighted by Crippen LogP contribution is -2.15. The Bertz CT molecular complexity index is 1350. The fraction of sp³-hybridized carbons (Fsp3) is 0.333. The number of amides is 1.